The van der Waals surface area contributed by atoms with E-state index < -0.39 is 11.5 Å². The predicted molar refractivity (Wildman–Crippen MR) is 70.1 cm³/mol. The molecule has 3 unspecified atom stereocenters. The average molecular weight is 241 g/mol. The minimum atomic E-state index is -0.651. The van der Waals surface area contributed by atoms with Crippen LogP contribution in [-0.4, -0.2) is 34.6 Å². The lowest BCUT2D eigenvalue weighted by atomic mass is 9.71. The van der Waals surface area contributed by atoms with Crippen molar-refractivity contribution in [2.45, 2.75) is 65.0 Å². The molecule has 0 heterocycles. The molecule has 3 heteroatoms. The van der Waals surface area contributed by atoms with Gasteiger partial charge < -0.3 is 5.11 Å². The van der Waals surface area contributed by atoms with Crippen LogP contribution in [0.4, 0.5) is 0 Å². The van der Waals surface area contributed by atoms with Gasteiger partial charge in [0.05, 0.1) is 0 Å². The monoisotopic (exact) mass is 241 g/mol. The van der Waals surface area contributed by atoms with Crippen LogP contribution in [0, 0.1) is 11.8 Å². The van der Waals surface area contributed by atoms with Gasteiger partial charge >= 0.3 is 5.97 Å². The lowest BCUT2D eigenvalue weighted by Crippen LogP contribution is -2.61. The Labute approximate surface area is 105 Å². The average Bonchev–Trinajstić information content (AvgIpc) is 2.27. The normalized spacial score (nSPS) is 31.8. The van der Waals surface area contributed by atoms with Gasteiger partial charge in [0.1, 0.15) is 5.54 Å². The Hall–Kier alpha value is -0.570. The first kappa shape index (κ1) is 14.5. The number of hydrogen-bond donors (Lipinski definition) is 1. The second-order valence-corrected chi connectivity index (χ2v) is 5.97. The van der Waals surface area contributed by atoms with Crippen molar-refractivity contribution in [2.75, 3.05) is 7.05 Å². The fraction of sp³-hybridized carbons (Fsp3) is 0.929. The van der Waals surface area contributed by atoms with E-state index in [9.17, 15) is 9.90 Å². The molecule has 3 atom stereocenters. The third-order valence-corrected chi connectivity index (χ3v) is 4.84. The Morgan fingerprint density at radius 2 is 1.94 bits per heavy atom. The van der Waals surface area contributed by atoms with Crippen molar-refractivity contribution in [2.24, 2.45) is 11.8 Å². The lowest BCUT2D eigenvalue weighted by molar-refractivity contribution is -0.160. The summed E-state index contributed by atoms with van der Waals surface area (Å²) in [5.41, 5.74) is -0.651. The molecule has 0 aromatic carbocycles. The molecule has 0 aromatic rings. The number of likely N-dealkylation sites (N-methyl/N-ethyl adjacent to an activating group) is 1. The van der Waals surface area contributed by atoms with Crippen LogP contribution in [-0.2, 0) is 4.79 Å². The molecule has 1 saturated carbocycles. The molecule has 100 valence electrons. The van der Waals surface area contributed by atoms with Gasteiger partial charge in [-0.05, 0) is 38.6 Å². The zero-order valence-electron chi connectivity index (χ0n) is 11.9. The molecule has 17 heavy (non-hydrogen) atoms. The van der Waals surface area contributed by atoms with Gasteiger partial charge in [0.25, 0.3) is 0 Å². The number of hydrogen-bond acceptors (Lipinski definition) is 2. The van der Waals surface area contributed by atoms with Crippen LogP contribution in [0.2, 0.25) is 0 Å². The minimum Gasteiger partial charge on any atom is -0.480 e. The molecule has 0 radical (unpaired) electrons. The van der Waals surface area contributed by atoms with Crippen LogP contribution in [0.5, 0.6) is 0 Å². The number of rotatable bonds is 4. The van der Waals surface area contributed by atoms with Crippen molar-refractivity contribution in [3.63, 3.8) is 0 Å². The smallest absolute Gasteiger partial charge is 0.324 e. The molecule has 0 aromatic heterocycles. The Balaban J connectivity index is 3.02. The SMILES string of the molecule is CC(C)C(C)N(C)C1(C(=O)O)CCCCC1C. The van der Waals surface area contributed by atoms with E-state index in [1.54, 1.807) is 0 Å². The molecule has 1 aliphatic rings. The lowest BCUT2D eigenvalue weighted by Gasteiger charge is -2.49. The first-order valence-electron chi connectivity index (χ1n) is 6.80. The molecule has 1 rings (SSSR count). The number of nitrogens with zero attached hydrogens (tertiary/aromatic N) is 1. The van der Waals surface area contributed by atoms with Crippen LogP contribution < -0.4 is 0 Å². The van der Waals surface area contributed by atoms with Crippen molar-refractivity contribution < 1.29 is 9.90 Å². The first-order chi connectivity index (χ1) is 7.84. The van der Waals surface area contributed by atoms with Crippen LogP contribution in [0.1, 0.15) is 53.4 Å². The summed E-state index contributed by atoms with van der Waals surface area (Å²) in [6.45, 7) is 8.54. The molecule has 1 fully saturated rings. The maximum absolute atomic E-state index is 11.8. The third kappa shape index (κ3) is 2.49. The number of aliphatic carboxylic acids is 1. The highest BCUT2D eigenvalue weighted by Crippen LogP contribution is 2.39. The quantitative estimate of drug-likeness (QED) is 0.822. The van der Waals surface area contributed by atoms with Crippen LogP contribution >= 0.6 is 0 Å². The van der Waals surface area contributed by atoms with Crippen molar-refractivity contribution in [1.82, 2.24) is 4.90 Å². The zero-order chi connectivity index (χ0) is 13.2. The maximum atomic E-state index is 11.8. The summed E-state index contributed by atoms with van der Waals surface area (Å²) < 4.78 is 0. The van der Waals surface area contributed by atoms with Gasteiger partial charge in [-0.25, -0.2) is 0 Å². The van der Waals surface area contributed by atoms with Crippen LogP contribution in [0.25, 0.3) is 0 Å². The Morgan fingerprint density at radius 3 is 2.35 bits per heavy atom. The van der Waals surface area contributed by atoms with E-state index in [4.69, 9.17) is 0 Å². The van der Waals surface area contributed by atoms with Gasteiger partial charge in [-0.3, -0.25) is 9.69 Å². The molecule has 0 aliphatic heterocycles. The van der Waals surface area contributed by atoms with Crippen molar-refractivity contribution in [1.29, 1.82) is 0 Å². The Bertz CT molecular complexity index is 277. The molecule has 0 amide bonds. The van der Waals surface area contributed by atoms with Gasteiger partial charge in [-0.1, -0.05) is 33.6 Å². The summed E-state index contributed by atoms with van der Waals surface area (Å²) in [6, 6.07) is 0.298. The summed E-state index contributed by atoms with van der Waals surface area (Å²) in [4.78, 5) is 13.9. The standard InChI is InChI=1S/C14H27NO2/c1-10(2)12(4)15(5)14(13(16)17)9-7-6-8-11(14)3/h10-12H,6-9H2,1-5H3,(H,16,17). The topological polar surface area (TPSA) is 40.5 Å². The largest absolute Gasteiger partial charge is 0.480 e. The highest BCUT2D eigenvalue weighted by molar-refractivity contribution is 5.79. The van der Waals surface area contributed by atoms with Crippen molar-refractivity contribution >= 4 is 5.97 Å². The fourth-order valence-electron chi connectivity index (χ4n) is 3.13. The van der Waals surface area contributed by atoms with E-state index in [1.807, 2.05) is 7.05 Å². The molecule has 0 saturated heterocycles. The van der Waals surface area contributed by atoms with Gasteiger partial charge in [0.2, 0.25) is 0 Å². The second kappa shape index (κ2) is 5.38. The number of carboxylic acids is 1. The predicted octanol–water partition coefficient (Wildman–Crippen LogP) is 3.00. The molecular formula is C14H27NO2. The maximum Gasteiger partial charge on any atom is 0.324 e. The molecule has 1 N–H and O–H groups in total. The second-order valence-electron chi connectivity index (χ2n) is 5.97. The van der Waals surface area contributed by atoms with Gasteiger partial charge in [0, 0.05) is 6.04 Å². The molecule has 0 bridgehead atoms. The van der Waals surface area contributed by atoms with Gasteiger partial charge in [0.15, 0.2) is 0 Å². The first-order valence-corrected chi connectivity index (χ1v) is 6.80. The van der Waals surface area contributed by atoms with E-state index in [-0.39, 0.29) is 5.92 Å². The van der Waals surface area contributed by atoms with Crippen molar-refractivity contribution in [3.8, 4) is 0 Å². The number of carbonyl (C=O) groups is 1. The summed E-state index contributed by atoms with van der Waals surface area (Å²) in [5, 5.41) is 9.72. The zero-order valence-corrected chi connectivity index (χ0v) is 11.9. The Morgan fingerprint density at radius 1 is 1.35 bits per heavy atom. The molecule has 3 nitrogen and oxygen atoms in total. The third-order valence-electron chi connectivity index (χ3n) is 4.84. The minimum absolute atomic E-state index is 0.236. The van der Waals surface area contributed by atoms with E-state index >= 15 is 0 Å². The van der Waals surface area contributed by atoms with Crippen molar-refractivity contribution in [3.05, 3.63) is 0 Å². The highest BCUT2D eigenvalue weighted by atomic mass is 16.4. The molecule has 1 aliphatic carbocycles. The van der Waals surface area contributed by atoms with Gasteiger partial charge in [-0.2, -0.15) is 0 Å². The molecular weight excluding hydrogens is 214 g/mol. The van der Waals surface area contributed by atoms with E-state index in [0.29, 0.717) is 12.0 Å². The molecule has 0 spiro atoms. The number of carboxylic acid groups (broad SMARTS) is 1. The van der Waals surface area contributed by atoms with Crippen LogP contribution in [0.15, 0.2) is 0 Å². The van der Waals surface area contributed by atoms with E-state index in [2.05, 4.69) is 32.6 Å². The fourth-order valence-corrected chi connectivity index (χ4v) is 3.13. The highest BCUT2D eigenvalue weighted by Gasteiger charge is 2.49. The van der Waals surface area contributed by atoms with Crippen LogP contribution in [0.3, 0.4) is 0 Å². The summed E-state index contributed by atoms with van der Waals surface area (Å²) >= 11 is 0. The van der Waals surface area contributed by atoms with E-state index in [1.165, 1.54) is 6.42 Å². The Kier molecular flexibility index (Phi) is 4.59. The summed E-state index contributed by atoms with van der Waals surface area (Å²) in [7, 11) is 1.99. The summed E-state index contributed by atoms with van der Waals surface area (Å²) in [5.74, 6) is 0.0741. The summed E-state index contributed by atoms with van der Waals surface area (Å²) in [6.07, 6.45) is 4.02. The van der Waals surface area contributed by atoms with E-state index in [0.717, 1.165) is 19.3 Å². The van der Waals surface area contributed by atoms with Gasteiger partial charge in [-0.15, -0.1) is 0 Å².